The number of ether oxygens (including phenoxy) is 3. The Hall–Kier alpha value is -3.15. The Bertz CT molecular complexity index is 1490. The second-order valence-electron chi connectivity index (χ2n) is 23.8. The Morgan fingerprint density at radius 2 is 0.444 bits per heavy atom. The molecule has 1 atom stereocenters. The van der Waals surface area contributed by atoms with Crippen molar-refractivity contribution in [2.75, 3.05) is 13.2 Å². The van der Waals surface area contributed by atoms with Gasteiger partial charge in [0.1, 0.15) is 13.2 Å². The molecule has 81 heavy (non-hydrogen) atoms. The van der Waals surface area contributed by atoms with E-state index in [0.717, 1.165) is 96.3 Å². The molecule has 0 N–H and O–H groups in total. The predicted molar refractivity (Wildman–Crippen MR) is 353 cm³/mol. The largest absolute Gasteiger partial charge is 0.462 e. The molecule has 1 unspecified atom stereocenters. The van der Waals surface area contributed by atoms with Gasteiger partial charge in [0.2, 0.25) is 0 Å². The van der Waals surface area contributed by atoms with Gasteiger partial charge in [-0.1, -0.05) is 306 Å². The van der Waals surface area contributed by atoms with Crippen LogP contribution < -0.4 is 0 Å². The number of carbonyl (C=O) groups is 3. The molecule has 0 amide bonds. The molecular weight excluding hydrogens is 997 g/mol. The summed E-state index contributed by atoms with van der Waals surface area (Å²) in [6.07, 6.45) is 90.7. The van der Waals surface area contributed by atoms with E-state index in [1.54, 1.807) is 0 Å². The van der Waals surface area contributed by atoms with Crippen molar-refractivity contribution >= 4 is 17.9 Å². The summed E-state index contributed by atoms with van der Waals surface area (Å²) in [6, 6.07) is 0. The Kier molecular flexibility index (Phi) is 66.6. The van der Waals surface area contributed by atoms with Gasteiger partial charge in [0.25, 0.3) is 0 Å². The first-order valence-electron chi connectivity index (χ1n) is 35.4. The molecule has 0 aromatic rings. The van der Waals surface area contributed by atoms with Crippen molar-refractivity contribution < 1.29 is 28.6 Å². The van der Waals surface area contributed by atoms with Crippen LogP contribution in [-0.2, 0) is 28.6 Å². The molecule has 0 aliphatic carbocycles. The Labute approximate surface area is 503 Å². The summed E-state index contributed by atoms with van der Waals surface area (Å²) in [4.78, 5) is 38.4. The summed E-state index contributed by atoms with van der Waals surface area (Å²) in [6.45, 7) is 6.63. The maximum Gasteiger partial charge on any atom is 0.306 e. The minimum absolute atomic E-state index is 0.0805. The fraction of sp³-hybridized carbons (Fsp3) is 0.800. The maximum atomic E-state index is 12.9. The van der Waals surface area contributed by atoms with Crippen LogP contribution in [0.3, 0.4) is 0 Å². The van der Waals surface area contributed by atoms with E-state index in [-0.39, 0.29) is 31.1 Å². The number of rotatable bonds is 65. The van der Waals surface area contributed by atoms with E-state index in [1.807, 2.05) is 0 Å². The normalized spacial score (nSPS) is 12.5. The van der Waals surface area contributed by atoms with Crippen LogP contribution in [0, 0.1) is 0 Å². The molecule has 6 heteroatoms. The molecule has 0 heterocycles. The molecule has 0 saturated heterocycles. The van der Waals surface area contributed by atoms with Crippen molar-refractivity contribution in [1.82, 2.24) is 0 Å². The first kappa shape index (κ1) is 77.9. The highest BCUT2D eigenvalue weighted by Crippen LogP contribution is 2.17. The average molecular weight is 1130 g/mol. The summed E-state index contributed by atoms with van der Waals surface area (Å²) in [5, 5.41) is 0. The molecule has 0 aliphatic heterocycles. The number of hydrogen-bond acceptors (Lipinski definition) is 6. The average Bonchev–Trinajstić information content (AvgIpc) is 3.47. The van der Waals surface area contributed by atoms with Crippen LogP contribution in [0.1, 0.15) is 367 Å². The van der Waals surface area contributed by atoms with Crippen molar-refractivity contribution in [3.8, 4) is 0 Å². The highest BCUT2D eigenvalue weighted by atomic mass is 16.6. The fourth-order valence-corrected chi connectivity index (χ4v) is 10.3. The molecule has 0 saturated carbocycles. The Morgan fingerprint density at radius 3 is 0.728 bits per heavy atom. The van der Waals surface area contributed by atoms with Crippen LogP contribution in [0.5, 0.6) is 0 Å². The van der Waals surface area contributed by atoms with Crippen molar-refractivity contribution in [2.45, 2.75) is 374 Å². The first-order chi connectivity index (χ1) is 40.0. The predicted octanol–water partition coefficient (Wildman–Crippen LogP) is 24.4. The minimum atomic E-state index is -0.787. The second-order valence-corrected chi connectivity index (χ2v) is 23.8. The lowest BCUT2D eigenvalue weighted by Gasteiger charge is -2.18. The number of allylic oxidation sites excluding steroid dienone is 12. The van der Waals surface area contributed by atoms with Crippen molar-refractivity contribution in [1.29, 1.82) is 0 Å². The van der Waals surface area contributed by atoms with E-state index in [9.17, 15) is 14.4 Å². The van der Waals surface area contributed by atoms with Gasteiger partial charge in [0.05, 0.1) is 0 Å². The third-order valence-electron chi connectivity index (χ3n) is 15.7. The van der Waals surface area contributed by atoms with Crippen LogP contribution >= 0.6 is 0 Å². The zero-order valence-corrected chi connectivity index (χ0v) is 54.1. The van der Waals surface area contributed by atoms with E-state index in [1.165, 1.54) is 231 Å². The molecule has 0 rings (SSSR count). The molecule has 0 spiro atoms. The van der Waals surface area contributed by atoms with Crippen LogP contribution in [0.25, 0.3) is 0 Å². The minimum Gasteiger partial charge on any atom is -0.462 e. The van der Waals surface area contributed by atoms with Crippen LogP contribution in [0.4, 0.5) is 0 Å². The third kappa shape index (κ3) is 67.5. The lowest BCUT2D eigenvalue weighted by Crippen LogP contribution is -2.30. The van der Waals surface area contributed by atoms with Crippen LogP contribution in [-0.4, -0.2) is 37.2 Å². The van der Waals surface area contributed by atoms with Gasteiger partial charge in [-0.05, 0) is 116 Å². The third-order valence-corrected chi connectivity index (χ3v) is 15.7. The lowest BCUT2D eigenvalue weighted by atomic mass is 10.0. The summed E-state index contributed by atoms with van der Waals surface area (Å²) in [5.74, 6) is -0.882. The van der Waals surface area contributed by atoms with Gasteiger partial charge in [-0.15, -0.1) is 0 Å². The van der Waals surface area contributed by atoms with Gasteiger partial charge in [-0.25, -0.2) is 0 Å². The van der Waals surface area contributed by atoms with E-state index >= 15 is 0 Å². The molecular formula is C75H134O6. The number of hydrogen-bond donors (Lipinski definition) is 0. The standard InChI is InChI=1S/C75H134O6/c1-4-7-10-13-16-19-22-25-28-30-32-33-34-35-36-37-38-39-40-41-43-44-47-50-53-56-59-62-65-68-74(77)80-71-72(70-79-73(76)67-64-61-58-55-52-49-46-27-24-21-18-15-12-9-6-3)81-75(78)69-66-63-60-57-54-51-48-45-42-31-29-26-23-20-17-14-11-8-5-2/h17,20,22,25-27,29-30,32,42,45-46,72H,4-16,18-19,21,23-24,28,31,33-41,43-44,47-71H2,1-3H3/b20-17-,25-22-,29-26-,32-30-,45-42-,46-27-. The van der Waals surface area contributed by atoms with E-state index < -0.39 is 6.10 Å². The van der Waals surface area contributed by atoms with Crippen molar-refractivity contribution in [2.24, 2.45) is 0 Å². The SMILES string of the molecule is CCCCC/C=C\C/C=C\C/C=C\CCCCCCCCC(=O)OC(COC(=O)CCCCCCC/C=C\CCCCCCCC)COC(=O)CCCCCCCCCCCCCCCCCCC/C=C\C/C=C\CCCCCCC. The molecule has 0 aliphatic rings. The van der Waals surface area contributed by atoms with Crippen molar-refractivity contribution in [3.05, 3.63) is 72.9 Å². The van der Waals surface area contributed by atoms with Gasteiger partial charge in [-0.3, -0.25) is 14.4 Å². The number of esters is 3. The summed E-state index contributed by atoms with van der Waals surface area (Å²) in [7, 11) is 0. The molecule has 0 aromatic carbocycles. The monoisotopic (exact) mass is 1130 g/mol. The van der Waals surface area contributed by atoms with Gasteiger partial charge < -0.3 is 14.2 Å². The van der Waals surface area contributed by atoms with E-state index in [4.69, 9.17) is 14.2 Å². The quantitative estimate of drug-likeness (QED) is 0.0261. The van der Waals surface area contributed by atoms with Gasteiger partial charge >= 0.3 is 17.9 Å². The zero-order chi connectivity index (χ0) is 58.5. The first-order valence-corrected chi connectivity index (χ1v) is 35.4. The summed E-state index contributed by atoms with van der Waals surface area (Å²) >= 11 is 0. The smallest absolute Gasteiger partial charge is 0.306 e. The highest BCUT2D eigenvalue weighted by molar-refractivity contribution is 5.71. The van der Waals surface area contributed by atoms with E-state index in [0.29, 0.717) is 19.3 Å². The van der Waals surface area contributed by atoms with Gasteiger partial charge in [0, 0.05) is 19.3 Å². The maximum absolute atomic E-state index is 12.9. The molecule has 0 bridgehead atoms. The summed E-state index contributed by atoms with van der Waals surface area (Å²) in [5.41, 5.74) is 0. The van der Waals surface area contributed by atoms with Crippen LogP contribution in [0.2, 0.25) is 0 Å². The zero-order valence-electron chi connectivity index (χ0n) is 54.1. The molecule has 0 fully saturated rings. The fourth-order valence-electron chi connectivity index (χ4n) is 10.3. The molecule has 470 valence electrons. The second kappa shape index (κ2) is 69.3. The van der Waals surface area contributed by atoms with Crippen molar-refractivity contribution in [3.63, 3.8) is 0 Å². The highest BCUT2D eigenvalue weighted by Gasteiger charge is 2.19. The molecule has 6 nitrogen and oxygen atoms in total. The summed E-state index contributed by atoms with van der Waals surface area (Å²) < 4.78 is 17.0. The Balaban J connectivity index is 4.27. The molecule has 0 aromatic heterocycles. The Morgan fingerprint density at radius 1 is 0.247 bits per heavy atom. The topological polar surface area (TPSA) is 78.9 Å². The van der Waals surface area contributed by atoms with E-state index in [2.05, 4.69) is 93.7 Å². The van der Waals surface area contributed by atoms with Gasteiger partial charge in [-0.2, -0.15) is 0 Å². The van der Waals surface area contributed by atoms with Gasteiger partial charge in [0.15, 0.2) is 6.10 Å². The number of carbonyl (C=O) groups excluding carboxylic acids is 3. The van der Waals surface area contributed by atoms with Crippen LogP contribution in [0.15, 0.2) is 72.9 Å². The lowest BCUT2D eigenvalue weighted by molar-refractivity contribution is -0.167. The number of unbranched alkanes of at least 4 members (excludes halogenated alkanes) is 42. The molecule has 0 radical (unpaired) electrons.